The lowest BCUT2D eigenvalue weighted by Crippen LogP contribution is -2.34. The van der Waals surface area contributed by atoms with E-state index in [2.05, 4.69) is 0 Å². The van der Waals surface area contributed by atoms with Gasteiger partial charge in [0.15, 0.2) is 5.79 Å². The second-order valence-corrected chi connectivity index (χ2v) is 3.50. The Morgan fingerprint density at radius 3 is 2.50 bits per heavy atom. The third-order valence-corrected chi connectivity index (χ3v) is 2.48. The van der Waals surface area contributed by atoms with Crippen molar-refractivity contribution in [1.82, 2.24) is 0 Å². The predicted octanol–water partition coefficient (Wildman–Crippen LogP) is 1.31. The van der Waals surface area contributed by atoms with Gasteiger partial charge in [-0.1, -0.05) is 0 Å². The molecule has 0 unspecified atom stereocenters. The van der Waals surface area contributed by atoms with Crippen molar-refractivity contribution >= 4 is 5.97 Å². The first-order valence-corrected chi connectivity index (χ1v) is 4.83. The van der Waals surface area contributed by atoms with E-state index in [0.717, 1.165) is 0 Å². The highest BCUT2D eigenvalue weighted by atomic mass is 16.7. The second-order valence-electron chi connectivity index (χ2n) is 3.50. The van der Waals surface area contributed by atoms with E-state index < -0.39 is 11.8 Å². The molecule has 0 saturated heterocycles. The van der Waals surface area contributed by atoms with Gasteiger partial charge in [-0.15, -0.1) is 0 Å². The number of carboxylic acids is 1. The number of allylic oxidation sites excluding steroid dienone is 1. The molecule has 90 valence electrons. The van der Waals surface area contributed by atoms with Crippen LogP contribution in [-0.2, 0) is 19.0 Å². The van der Waals surface area contributed by atoms with E-state index in [0.29, 0.717) is 17.8 Å². The molecular formula is C11H16O5. The number of aliphatic carboxylic acids is 1. The fraction of sp³-hybridized carbons (Fsp3) is 0.545. The smallest absolute Gasteiger partial charge is 0.307 e. The van der Waals surface area contributed by atoms with E-state index in [1.54, 1.807) is 12.2 Å². The molecular weight excluding hydrogens is 212 g/mol. The van der Waals surface area contributed by atoms with E-state index in [4.69, 9.17) is 19.3 Å². The second kappa shape index (κ2) is 5.14. The van der Waals surface area contributed by atoms with Gasteiger partial charge in [0.25, 0.3) is 0 Å². The van der Waals surface area contributed by atoms with Crippen molar-refractivity contribution < 1.29 is 24.1 Å². The van der Waals surface area contributed by atoms with Crippen LogP contribution in [0.25, 0.3) is 0 Å². The molecule has 0 spiro atoms. The molecule has 0 radical (unpaired) electrons. The van der Waals surface area contributed by atoms with Gasteiger partial charge >= 0.3 is 5.97 Å². The Labute approximate surface area is 94.3 Å². The molecule has 5 heteroatoms. The molecule has 16 heavy (non-hydrogen) atoms. The van der Waals surface area contributed by atoms with Crippen LogP contribution < -0.4 is 0 Å². The van der Waals surface area contributed by atoms with Gasteiger partial charge in [0.1, 0.15) is 5.76 Å². The molecule has 0 aromatic carbocycles. The van der Waals surface area contributed by atoms with Crippen LogP contribution in [0.3, 0.4) is 0 Å². The van der Waals surface area contributed by atoms with Gasteiger partial charge in [-0.25, -0.2) is 0 Å². The Morgan fingerprint density at radius 2 is 2.06 bits per heavy atom. The minimum Gasteiger partial charge on any atom is -0.501 e. The minimum atomic E-state index is -0.926. The lowest BCUT2D eigenvalue weighted by Gasteiger charge is -2.31. The monoisotopic (exact) mass is 228 g/mol. The first-order valence-electron chi connectivity index (χ1n) is 4.83. The fourth-order valence-corrected chi connectivity index (χ4v) is 1.63. The molecule has 0 aromatic heterocycles. The van der Waals surface area contributed by atoms with Crippen LogP contribution >= 0.6 is 0 Å². The quantitative estimate of drug-likeness (QED) is 0.719. The van der Waals surface area contributed by atoms with Crippen LogP contribution in [0.15, 0.2) is 23.5 Å². The number of carboxylic acid groups (broad SMARTS) is 1. The van der Waals surface area contributed by atoms with Crippen LogP contribution in [0, 0.1) is 0 Å². The summed E-state index contributed by atoms with van der Waals surface area (Å²) in [5.74, 6) is -1.19. The number of methoxy groups -OCH3 is 3. The SMILES string of the molecule is COC1=CC(CC(=O)O)=CC(OC)(OC)C1. The molecule has 1 rings (SSSR count). The van der Waals surface area contributed by atoms with Gasteiger partial charge < -0.3 is 19.3 Å². The minimum absolute atomic E-state index is 0.0820. The number of carbonyl (C=O) groups is 1. The summed E-state index contributed by atoms with van der Waals surface area (Å²) in [6.07, 6.45) is 3.72. The van der Waals surface area contributed by atoms with Gasteiger partial charge in [0, 0.05) is 14.2 Å². The third-order valence-electron chi connectivity index (χ3n) is 2.48. The van der Waals surface area contributed by atoms with E-state index in [1.165, 1.54) is 21.3 Å². The molecule has 0 aliphatic heterocycles. The standard InChI is InChI=1S/C11H16O5/c1-14-9-4-8(5-10(12)13)6-11(7-9,15-2)16-3/h4,6H,5,7H2,1-3H3,(H,12,13). The first kappa shape index (κ1) is 12.7. The summed E-state index contributed by atoms with van der Waals surface area (Å²) < 4.78 is 15.6. The molecule has 0 aromatic rings. The molecule has 0 bridgehead atoms. The zero-order chi connectivity index (χ0) is 12.2. The van der Waals surface area contributed by atoms with Crippen LogP contribution in [0.5, 0.6) is 0 Å². The maximum Gasteiger partial charge on any atom is 0.307 e. The molecule has 1 aliphatic carbocycles. The molecule has 0 amide bonds. The Hall–Kier alpha value is -1.33. The van der Waals surface area contributed by atoms with Crippen LogP contribution in [0.4, 0.5) is 0 Å². The van der Waals surface area contributed by atoms with Crippen LogP contribution in [0.1, 0.15) is 12.8 Å². The van der Waals surface area contributed by atoms with Crippen molar-refractivity contribution in [3.8, 4) is 0 Å². The molecule has 0 saturated carbocycles. The average molecular weight is 228 g/mol. The summed E-state index contributed by atoms with van der Waals surface area (Å²) >= 11 is 0. The largest absolute Gasteiger partial charge is 0.501 e. The summed E-state index contributed by atoms with van der Waals surface area (Å²) in [6.45, 7) is 0. The molecule has 0 fully saturated rings. The molecule has 1 N–H and O–H groups in total. The lowest BCUT2D eigenvalue weighted by molar-refractivity contribution is -0.174. The number of ether oxygens (including phenoxy) is 3. The first-order chi connectivity index (χ1) is 7.55. The summed E-state index contributed by atoms with van der Waals surface area (Å²) in [5.41, 5.74) is 0.610. The van der Waals surface area contributed by atoms with E-state index >= 15 is 0 Å². The number of hydrogen-bond acceptors (Lipinski definition) is 4. The normalized spacial score (nSPS) is 18.7. The van der Waals surface area contributed by atoms with Crippen molar-refractivity contribution in [2.24, 2.45) is 0 Å². The van der Waals surface area contributed by atoms with Gasteiger partial charge in [0.05, 0.1) is 20.0 Å². The van der Waals surface area contributed by atoms with Crippen LogP contribution in [0.2, 0.25) is 0 Å². The Balaban J connectivity index is 2.98. The topological polar surface area (TPSA) is 65.0 Å². The Kier molecular flexibility index (Phi) is 4.09. The Bertz CT molecular complexity index is 325. The molecule has 0 heterocycles. The summed E-state index contributed by atoms with van der Waals surface area (Å²) in [4.78, 5) is 10.7. The Morgan fingerprint density at radius 1 is 1.44 bits per heavy atom. The average Bonchev–Trinajstić information content (AvgIpc) is 2.27. The summed E-state index contributed by atoms with van der Waals surface area (Å²) in [6, 6.07) is 0. The highest BCUT2D eigenvalue weighted by Crippen LogP contribution is 2.31. The van der Waals surface area contributed by atoms with Crippen molar-refractivity contribution in [3.05, 3.63) is 23.5 Å². The van der Waals surface area contributed by atoms with E-state index in [1.807, 2.05) is 0 Å². The van der Waals surface area contributed by atoms with Gasteiger partial charge in [-0.3, -0.25) is 4.79 Å². The highest BCUT2D eigenvalue weighted by Gasteiger charge is 2.32. The van der Waals surface area contributed by atoms with Gasteiger partial charge in [-0.2, -0.15) is 0 Å². The maximum absolute atomic E-state index is 10.7. The maximum atomic E-state index is 10.7. The number of rotatable bonds is 5. The number of hydrogen-bond donors (Lipinski definition) is 1. The van der Waals surface area contributed by atoms with Crippen molar-refractivity contribution in [2.45, 2.75) is 18.6 Å². The van der Waals surface area contributed by atoms with Crippen LogP contribution in [-0.4, -0.2) is 38.2 Å². The molecule has 0 atom stereocenters. The predicted molar refractivity (Wildman–Crippen MR) is 56.8 cm³/mol. The zero-order valence-corrected chi connectivity index (χ0v) is 9.65. The zero-order valence-electron chi connectivity index (χ0n) is 9.65. The van der Waals surface area contributed by atoms with Gasteiger partial charge in [0.2, 0.25) is 0 Å². The summed E-state index contributed by atoms with van der Waals surface area (Å²) in [7, 11) is 4.56. The van der Waals surface area contributed by atoms with Crippen molar-refractivity contribution in [1.29, 1.82) is 0 Å². The third kappa shape index (κ3) is 2.84. The fourth-order valence-electron chi connectivity index (χ4n) is 1.63. The lowest BCUT2D eigenvalue weighted by atomic mass is 9.97. The van der Waals surface area contributed by atoms with Gasteiger partial charge in [-0.05, 0) is 17.7 Å². The van der Waals surface area contributed by atoms with Crippen molar-refractivity contribution in [3.63, 3.8) is 0 Å². The summed E-state index contributed by atoms with van der Waals surface area (Å²) in [5, 5.41) is 8.75. The molecule has 5 nitrogen and oxygen atoms in total. The van der Waals surface area contributed by atoms with E-state index in [9.17, 15) is 4.79 Å². The highest BCUT2D eigenvalue weighted by molar-refractivity contribution is 5.71. The van der Waals surface area contributed by atoms with E-state index in [-0.39, 0.29) is 6.42 Å². The van der Waals surface area contributed by atoms with Crippen molar-refractivity contribution in [2.75, 3.05) is 21.3 Å². The molecule has 1 aliphatic rings.